The SMILES string of the molecule is O=C(O)[C@H]1O[C@@H](O[C@@H]2[C@H](O[C@@H]3[C@@H](O)[C@@H](O)O[C@H](CO)[C@H]3O)O[C@H](CO)[C@@H](O)[C@@H]2O)[C@H](O)[C@@H](O)[C@@H]1O. The summed E-state index contributed by atoms with van der Waals surface area (Å²) in [4.78, 5) is 11.3. The summed E-state index contributed by atoms with van der Waals surface area (Å²) in [5, 5.41) is 109. The number of aliphatic hydroxyl groups excluding tert-OH is 10. The second-order valence-corrected chi connectivity index (χ2v) is 8.37. The average Bonchev–Trinajstić information content (AvgIpc) is 2.82. The first-order valence-electron chi connectivity index (χ1n) is 10.6. The Morgan fingerprint density at radius 3 is 1.74 bits per heavy atom. The molecular formula is C18H30O17. The summed E-state index contributed by atoms with van der Waals surface area (Å²) in [6.07, 6.45) is -28.1. The summed E-state index contributed by atoms with van der Waals surface area (Å²) >= 11 is 0. The van der Waals surface area contributed by atoms with E-state index in [4.69, 9.17) is 23.7 Å². The molecule has 3 fully saturated rings. The Hall–Kier alpha value is -1.13. The molecule has 35 heavy (non-hydrogen) atoms. The fourth-order valence-corrected chi connectivity index (χ4v) is 4.01. The van der Waals surface area contributed by atoms with Crippen LogP contribution in [-0.4, -0.2) is 167 Å². The molecule has 11 N–H and O–H groups in total. The topological polar surface area (TPSA) is 286 Å². The standard InChI is InChI=1S/C18H30O17/c19-1-3-5(21)8(24)14(35-17-10(26)7(23)9(25)13(34-17)15(28)29)18(32-3)33-12-6(22)4(2-20)31-16(30)11(12)27/h3-14,16-27,30H,1-2H2,(H,28,29)/t3-,4-,5-,6-,7+,8+,9+,10-,11-,12+,13+,14+,16+,17+,18+/m1/s1. The Kier molecular flexibility index (Phi) is 9.35. The van der Waals surface area contributed by atoms with Gasteiger partial charge in [0.05, 0.1) is 13.2 Å². The van der Waals surface area contributed by atoms with Crippen molar-refractivity contribution in [3.05, 3.63) is 0 Å². The van der Waals surface area contributed by atoms with Crippen LogP contribution < -0.4 is 0 Å². The molecule has 3 saturated heterocycles. The minimum atomic E-state index is -2.06. The van der Waals surface area contributed by atoms with E-state index in [9.17, 15) is 61.0 Å². The van der Waals surface area contributed by atoms with Crippen molar-refractivity contribution in [2.24, 2.45) is 0 Å². The van der Waals surface area contributed by atoms with Gasteiger partial charge in [-0.3, -0.25) is 0 Å². The van der Waals surface area contributed by atoms with Gasteiger partial charge in [0.15, 0.2) is 25.0 Å². The molecule has 3 aliphatic heterocycles. The van der Waals surface area contributed by atoms with E-state index in [-0.39, 0.29) is 0 Å². The number of carboxylic acids is 1. The summed E-state index contributed by atoms with van der Waals surface area (Å²) < 4.78 is 26.0. The number of carbonyl (C=O) groups is 1. The van der Waals surface area contributed by atoms with Crippen molar-refractivity contribution in [2.75, 3.05) is 13.2 Å². The summed E-state index contributed by atoms with van der Waals surface area (Å²) in [6.45, 7) is -1.64. The number of ether oxygens (including phenoxy) is 5. The molecule has 0 aliphatic carbocycles. The zero-order valence-corrected chi connectivity index (χ0v) is 17.9. The van der Waals surface area contributed by atoms with E-state index in [1.807, 2.05) is 0 Å². The quantitative estimate of drug-likeness (QED) is 0.149. The lowest BCUT2D eigenvalue weighted by molar-refractivity contribution is -0.385. The fraction of sp³-hybridized carbons (Fsp3) is 0.944. The van der Waals surface area contributed by atoms with E-state index in [2.05, 4.69) is 0 Å². The van der Waals surface area contributed by atoms with Crippen LogP contribution in [0.1, 0.15) is 0 Å². The van der Waals surface area contributed by atoms with Crippen molar-refractivity contribution < 1.29 is 84.7 Å². The molecule has 3 heterocycles. The van der Waals surface area contributed by atoms with E-state index in [0.29, 0.717) is 0 Å². The molecule has 0 saturated carbocycles. The van der Waals surface area contributed by atoms with Crippen LogP contribution in [0, 0.1) is 0 Å². The van der Waals surface area contributed by atoms with Crippen LogP contribution in [0.3, 0.4) is 0 Å². The van der Waals surface area contributed by atoms with Crippen LogP contribution in [0.4, 0.5) is 0 Å². The van der Waals surface area contributed by atoms with Gasteiger partial charge in [-0.1, -0.05) is 0 Å². The molecule has 0 bridgehead atoms. The molecule has 0 aromatic carbocycles. The monoisotopic (exact) mass is 518 g/mol. The van der Waals surface area contributed by atoms with Gasteiger partial charge in [-0.05, 0) is 0 Å². The van der Waals surface area contributed by atoms with Crippen molar-refractivity contribution in [2.45, 2.75) is 92.1 Å². The summed E-state index contributed by atoms with van der Waals surface area (Å²) in [5.41, 5.74) is 0. The van der Waals surface area contributed by atoms with Gasteiger partial charge in [0, 0.05) is 0 Å². The largest absolute Gasteiger partial charge is 0.479 e. The van der Waals surface area contributed by atoms with Crippen LogP contribution >= 0.6 is 0 Å². The number of aliphatic carboxylic acids is 1. The molecule has 0 amide bonds. The first kappa shape index (κ1) is 28.4. The molecule has 3 aliphatic rings. The highest BCUT2D eigenvalue weighted by Crippen LogP contribution is 2.32. The van der Waals surface area contributed by atoms with Crippen LogP contribution in [0.2, 0.25) is 0 Å². The number of hydrogen-bond acceptors (Lipinski definition) is 16. The maximum Gasteiger partial charge on any atom is 0.335 e. The van der Waals surface area contributed by atoms with Gasteiger partial charge in [-0.15, -0.1) is 0 Å². The van der Waals surface area contributed by atoms with Gasteiger partial charge in [-0.25, -0.2) is 4.79 Å². The Bertz CT molecular complexity index is 711. The van der Waals surface area contributed by atoms with E-state index in [0.717, 1.165) is 0 Å². The Balaban J connectivity index is 1.86. The second-order valence-electron chi connectivity index (χ2n) is 8.37. The zero-order valence-electron chi connectivity index (χ0n) is 17.9. The highest BCUT2D eigenvalue weighted by Gasteiger charge is 2.54. The molecule has 0 aromatic heterocycles. The predicted octanol–water partition coefficient (Wildman–Crippen LogP) is -7.48. The van der Waals surface area contributed by atoms with Crippen molar-refractivity contribution in [3.63, 3.8) is 0 Å². The van der Waals surface area contributed by atoms with Gasteiger partial charge in [-0.2, -0.15) is 0 Å². The van der Waals surface area contributed by atoms with Gasteiger partial charge in [0.2, 0.25) is 0 Å². The Morgan fingerprint density at radius 2 is 1.17 bits per heavy atom. The number of aliphatic hydroxyl groups is 10. The number of rotatable bonds is 7. The summed E-state index contributed by atoms with van der Waals surface area (Å²) in [7, 11) is 0. The zero-order chi connectivity index (χ0) is 26.2. The molecule has 204 valence electrons. The minimum Gasteiger partial charge on any atom is -0.479 e. The van der Waals surface area contributed by atoms with Crippen molar-refractivity contribution in [1.82, 2.24) is 0 Å². The fourth-order valence-electron chi connectivity index (χ4n) is 4.01. The Labute approximate surface area is 196 Å². The van der Waals surface area contributed by atoms with Gasteiger partial charge in [0.1, 0.15) is 67.1 Å². The maximum atomic E-state index is 11.3. The van der Waals surface area contributed by atoms with Crippen molar-refractivity contribution in [3.8, 4) is 0 Å². The third-order valence-corrected chi connectivity index (χ3v) is 6.06. The molecule has 0 unspecified atom stereocenters. The van der Waals surface area contributed by atoms with Crippen LogP contribution in [0.25, 0.3) is 0 Å². The number of hydrogen-bond donors (Lipinski definition) is 11. The average molecular weight is 518 g/mol. The lowest BCUT2D eigenvalue weighted by Crippen LogP contribution is -2.67. The van der Waals surface area contributed by atoms with Crippen molar-refractivity contribution in [1.29, 1.82) is 0 Å². The van der Waals surface area contributed by atoms with E-state index in [1.165, 1.54) is 0 Å². The third kappa shape index (κ3) is 5.59. The highest BCUT2D eigenvalue weighted by molar-refractivity contribution is 5.73. The molecule has 0 spiro atoms. The molecule has 17 nitrogen and oxygen atoms in total. The van der Waals surface area contributed by atoms with Gasteiger partial charge < -0.3 is 79.9 Å². The molecular weight excluding hydrogens is 488 g/mol. The van der Waals surface area contributed by atoms with Crippen LogP contribution in [-0.2, 0) is 28.5 Å². The van der Waals surface area contributed by atoms with Gasteiger partial charge >= 0.3 is 5.97 Å². The van der Waals surface area contributed by atoms with E-state index in [1.54, 1.807) is 0 Å². The molecule has 3 rings (SSSR count). The summed E-state index contributed by atoms with van der Waals surface area (Å²) in [5.74, 6) is -1.72. The van der Waals surface area contributed by atoms with Crippen LogP contribution in [0.5, 0.6) is 0 Å². The molecule has 0 radical (unpaired) electrons. The first-order chi connectivity index (χ1) is 16.4. The lowest BCUT2D eigenvalue weighted by atomic mass is 9.96. The molecule has 15 atom stereocenters. The second kappa shape index (κ2) is 11.5. The van der Waals surface area contributed by atoms with E-state index < -0.39 is 111 Å². The lowest BCUT2D eigenvalue weighted by Gasteiger charge is -2.48. The van der Waals surface area contributed by atoms with Crippen LogP contribution in [0.15, 0.2) is 0 Å². The number of carboxylic acid groups (broad SMARTS) is 1. The van der Waals surface area contributed by atoms with Gasteiger partial charge in [0.25, 0.3) is 0 Å². The molecule has 17 heteroatoms. The third-order valence-electron chi connectivity index (χ3n) is 6.06. The highest BCUT2D eigenvalue weighted by atomic mass is 16.8. The minimum absolute atomic E-state index is 0.796. The predicted molar refractivity (Wildman–Crippen MR) is 102 cm³/mol. The Morgan fingerprint density at radius 1 is 0.600 bits per heavy atom. The van der Waals surface area contributed by atoms with Crippen molar-refractivity contribution >= 4 is 5.97 Å². The molecule has 0 aromatic rings. The smallest absolute Gasteiger partial charge is 0.335 e. The summed E-state index contributed by atoms with van der Waals surface area (Å²) in [6, 6.07) is 0. The maximum absolute atomic E-state index is 11.3. The van der Waals surface area contributed by atoms with E-state index >= 15 is 0 Å². The normalized spacial score (nSPS) is 51.2. The first-order valence-corrected chi connectivity index (χ1v) is 10.6.